The van der Waals surface area contributed by atoms with E-state index in [4.69, 9.17) is 5.73 Å². The zero-order valence-electron chi connectivity index (χ0n) is 18.5. The zero-order chi connectivity index (χ0) is 23.1. The minimum Gasteiger partial charge on any atom is -0.330 e. The topological polar surface area (TPSA) is 148 Å². The third-order valence-electron chi connectivity index (χ3n) is 7.16. The average Bonchev–Trinajstić information content (AvgIpc) is 3.62. The summed E-state index contributed by atoms with van der Waals surface area (Å²) < 4.78 is 0. The SMILES string of the molecule is C[C@H](c1ccc(-c2nn[nH]n2)cc1)N1C(=O)[C@H]2CC1CN2C[C@H](N)C(=O)N1CCC[C@H]1C#N. The number of hydrogen-bond acceptors (Lipinski definition) is 8. The lowest BCUT2D eigenvalue weighted by molar-refractivity contribution is -0.140. The summed E-state index contributed by atoms with van der Waals surface area (Å²) in [7, 11) is 0. The van der Waals surface area contributed by atoms with Gasteiger partial charge in [-0.2, -0.15) is 10.5 Å². The summed E-state index contributed by atoms with van der Waals surface area (Å²) in [6.45, 7) is 3.65. The first-order valence-corrected chi connectivity index (χ1v) is 11.3. The Morgan fingerprint density at radius 3 is 2.82 bits per heavy atom. The van der Waals surface area contributed by atoms with Gasteiger partial charge in [0.15, 0.2) is 0 Å². The first kappa shape index (κ1) is 21.5. The highest BCUT2D eigenvalue weighted by atomic mass is 16.2. The molecule has 3 N–H and O–H groups in total. The predicted octanol–water partition coefficient (Wildman–Crippen LogP) is 0.0547. The number of fused-ring (bicyclic) bond motifs is 2. The largest absolute Gasteiger partial charge is 0.330 e. The number of piperazine rings is 1. The highest BCUT2D eigenvalue weighted by Crippen LogP contribution is 2.38. The highest BCUT2D eigenvalue weighted by Gasteiger charge is 2.51. The van der Waals surface area contributed by atoms with Crippen LogP contribution in [-0.4, -0.2) is 90.9 Å². The molecule has 3 saturated heterocycles. The van der Waals surface area contributed by atoms with E-state index in [-0.39, 0.29) is 36.0 Å². The van der Waals surface area contributed by atoms with E-state index in [2.05, 4.69) is 26.7 Å². The maximum Gasteiger partial charge on any atom is 0.241 e. The van der Waals surface area contributed by atoms with Crippen LogP contribution in [0.25, 0.3) is 11.4 Å². The number of aromatic nitrogens is 4. The first-order valence-electron chi connectivity index (χ1n) is 11.3. The van der Waals surface area contributed by atoms with Gasteiger partial charge in [-0.3, -0.25) is 14.5 Å². The van der Waals surface area contributed by atoms with Crippen LogP contribution in [0.4, 0.5) is 0 Å². The number of rotatable bonds is 6. The summed E-state index contributed by atoms with van der Waals surface area (Å²) in [6, 6.07) is 8.69. The van der Waals surface area contributed by atoms with E-state index in [0.29, 0.717) is 31.9 Å². The first-order chi connectivity index (χ1) is 16.0. The summed E-state index contributed by atoms with van der Waals surface area (Å²) in [5.74, 6) is 0.417. The van der Waals surface area contributed by atoms with Crippen LogP contribution in [0.5, 0.6) is 0 Å². The number of amides is 2. The number of tetrazole rings is 1. The van der Waals surface area contributed by atoms with Crippen LogP contribution < -0.4 is 5.73 Å². The van der Waals surface area contributed by atoms with Gasteiger partial charge in [-0.05, 0) is 37.0 Å². The van der Waals surface area contributed by atoms with Crippen LogP contribution in [-0.2, 0) is 9.59 Å². The lowest BCUT2D eigenvalue weighted by Gasteiger charge is -2.38. The fourth-order valence-corrected chi connectivity index (χ4v) is 5.46. The number of nitrogens with zero attached hydrogens (tertiary/aromatic N) is 7. The van der Waals surface area contributed by atoms with Gasteiger partial charge in [0, 0.05) is 31.2 Å². The molecule has 1 aromatic heterocycles. The molecule has 11 nitrogen and oxygen atoms in total. The fourth-order valence-electron chi connectivity index (χ4n) is 5.46. The Bertz CT molecular complexity index is 1060. The van der Waals surface area contributed by atoms with Crippen LogP contribution in [0.2, 0.25) is 0 Å². The molecule has 4 heterocycles. The molecule has 3 fully saturated rings. The van der Waals surface area contributed by atoms with E-state index in [0.717, 1.165) is 24.0 Å². The van der Waals surface area contributed by atoms with E-state index in [1.54, 1.807) is 4.90 Å². The van der Waals surface area contributed by atoms with Crippen molar-refractivity contribution in [2.24, 2.45) is 5.73 Å². The molecule has 5 rings (SSSR count). The molecule has 0 radical (unpaired) electrons. The molecular formula is C22H27N9O2. The second kappa shape index (κ2) is 8.53. The minimum absolute atomic E-state index is 0.0646. The number of carbonyl (C=O) groups is 2. The summed E-state index contributed by atoms with van der Waals surface area (Å²) in [5.41, 5.74) is 8.12. The van der Waals surface area contributed by atoms with Gasteiger partial charge >= 0.3 is 0 Å². The van der Waals surface area contributed by atoms with Crippen molar-refractivity contribution in [3.8, 4) is 17.5 Å². The summed E-state index contributed by atoms with van der Waals surface area (Å²) in [6.07, 6.45) is 2.27. The van der Waals surface area contributed by atoms with Gasteiger partial charge in [0.25, 0.3) is 0 Å². The maximum absolute atomic E-state index is 13.2. The maximum atomic E-state index is 13.2. The predicted molar refractivity (Wildman–Crippen MR) is 117 cm³/mol. The Labute approximate surface area is 191 Å². The van der Waals surface area contributed by atoms with Crippen LogP contribution in [0.15, 0.2) is 24.3 Å². The van der Waals surface area contributed by atoms with E-state index >= 15 is 0 Å². The van der Waals surface area contributed by atoms with Crippen LogP contribution in [0, 0.1) is 11.3 Å². The third-order valence-corrected chi connectivity index (χ3v) is 7.16. The van der Waals surface area contributed by atoms with Crippen molar-refractivity contribution >= 4 is 11.8 Å². The monoisotopic (exact) mass is 449 g/mol. The second-order valence-corrected chi connectivity index (χ2v) is 9.06. The molecule has 33 heavy (non-hydrogen) atoms. The quantitative estimate of drug-likeness (QED) is 0.629. The summed E-state index contributed by atoms with van der Waals surface area (Å²) in [4.78, 5) is 31.6. The zero-order valence-corrected chi connectivity index (χ0v) is 18.5. The number of nitriles is 1. The molecule has 3 aliphatic rings. The fraction of sp³-hybridized carbons (Fsp3) is 0.545. The lowest BCUT2D eigenvalue weighted by Crippen LogP contribution is -2.56. The standard InChI is InChI=1S/C22H27N9O2/c1-13(14-4-6-15(7-5-14)20-25-27-28-26-20)31-17-9-19(22(31)33)29(11-17)12-18(24)21(32)30-8-2-3-16(30)10-23/h4-7,13,16-19H,2-3,8-9,11-12,24H2,1H3,(H,25,26,27,28)/t13-,16+,17?,18+,19-/m1/s1. The van der Waals surface area contributed by atoms with Crippen molar-refractivity contribution in [1.29, 1.82) is 5.26 Å². The van der Waals surface area contributed by atoms with Gasteiger partial charge in [-0.15, -0.1) is 10.2 Å². The van der Waals surface area contributed by atoms with E-state index in [9.17, 15) is 14.9 Å². The Hall–Kier alpha value is -3.36. The van der Waals surface area contributed by atoms with Crippen molar-refractivity contribution in [3.05, 3.63) is 29.8 Å². The van der Waals surface area contributed by atoms with Gasteiger partial charge in [-0.1, -0.05) is 24.3 Å². The number of nitrogens with two attached hydrogens (primary N) is 1. The number of carbonyl (C=O) groups excluding carboxylic acids is 2. The number of nitrogens with one attached hydrogen (secondary N) is 1. The molecule has 0 spiro atoms. The average molecular weight is 450 g/mol. The van der Waals surface area contributed by atoms with Gasteiger partial charge in [0.05, 0.1) is 24.2 Å². The van der Waals surface area contributed by atoms with Gasteiger partial charge in [-0.25, -0.2) is 0 Å². The summed E-state index contributed by atoms with van der Waals surface area (Å²) >= 11 is 0. The van der Waals surface area contributed by atoms with Crippen molar-refractivity contribution < 1.29 is 9.59 Å². The number of benzene rings is 1. The summed E-state index contributed by atoms with van der Waals surface area (Å²) in [5, 5.41) is 23.3. The Kier molecular flexibility index (Phi) is 5.55. The smallest absolute Gasteiger partial charge is 0.241 e. The molecule has 1 aromatic carbocycles. The van der Waals surface area contributed by atoms with Crippen molar-refractivity contribution in [2.75, 3.05) is 19.6 Å². The Morgan fingerprint density at radius 2 is 2.15 bits per heavy atom. The Morgan fingerprint density at radius 1 is 1.36 bits per heavy atom. The van der Waals surface area contributed by atoms with Gasteiger partial charge < -0.3 is 15.5 Å². The molecule has 0 aliphatic carbocycles. The van der Waals surface area contributed by atoms with Crippen LogP contribution in [0.3, 0.4) is 0 Å². The van der Waals surface area contributed by atoms with E-state index < -0.39 is 6.04 Å². The number of hydrogen-bond donors (Lipinski definition) is 2. The van der Waals surface area contributed by atoms with Crippen LogP contribution >= 0.6 is 0 Å². The van der Waals surface area contributed by atoms with Crippen LogP contribution in [0.1, 0.15) is 37.8 Å². The normalized spacial score (nSPS) is 26.6. The molecule has 2 bridgehead atoms. The number of likely N-dealkylation sites (tertiary alicyclic amines) is 3. The minimum atomic E-state index is -0.727. The molecule has 11 heteroatoms. The lowest BCUT2D eigenvalue weighted by atomic mass is 10.0. The molecule has 2 aromatic rings. The van der Waals surface area contributed by atoms with Gasteiger partial charge in [0.2, 0.25) is 17.6 Å². The number of H-pyrrole nitrogens is 1. The molecule has 1 unspecified atom stereocenters. The van der Waals surface area contributed by atoms with Crippen molar-refractivity contribution in [3.63, 3.8) is 0 Å². The second-order valence-electron chi connectivity index (χ2n) is 9.06. The molecule has 172 valence electrons. The number of aromatic amines is 1. The molecule has 2 amide bonds. The highest BCUT2D eigenvalue weighted by molar-refractivity contribution is 5.87. The molecule has 0 saturated carbocycles. The molecule has 3 aliphatic heterocycles. The Balaban J connectivity index is 1.22. The van der Waals surface area contributed by atoms with Crippen molar-refractivity contribution in [2.45, 2.75) is 56.4 Å². The molecular weight excluding hydrogens is 422 g/mol. The van der Waals surface area contributed by atoms with Crippen molar-refractivity contribution in [1.82, 2.24) is 35.3 Å². The third kappa shape index (κ3) is 3.75. The van der Waals surface area contributed by atoms with E-state index in [1.807, 2.05) is 41.0 Å². The van der Waals surface area contributed by atoms with E-state index in [1.165, 1.54) is 0 Å². The van der Waals surface area contributed by atoms with Gasteiger partial charge in [0.1, 0.15) is 6.04 Å². The molecule has 5 atom stereocenters.